The molecule has 0 aliphatic carbocycles. The van der Waals surface area contributed by atoms with Crippen LogP contribution in [0.4, 0.5) is 5.69 Å². The van der Waals surface area contributed by atoms with Crippen LogP contribution in [-0.2, 0) is 23.0 Å². The number of sulfonamides is 1. The Bertz CT molecular complexity index is 745. The van der Waals surface area contributed by atoms with E-state index in [1.165, 1.54) is 12.1 Å². The van der Waals surface area contributed by atoms with Gasteiger partial charge in [-0.1, -0.05) is 42.8 Å². The molecule has 0 radical (unpaired) electrons. The highest BCUT2D eigenvalue weighted by Gasteiger charge is 2.18. The van der Waals surface area contributed by atoms with Gasteiger partial charge in [0.1, 0.15) is 4.90 Å². The molecule has 0 aliphatic rings. The summed E-state index contributed by atoms with van der Waals surface area (Å²) in [6, 6.07) is 12.1. The smallest absolute Gasteiger partial charge is 0.242 e. The molecule has 112 valence electrons. The van der Waals surface area contributed by atoms with Gasteiger partial charge in [0.2, 0.25) is 10.0 Å². The van der Waals surface area contributed by atoms with Gasteiger partial charge in [-0.05, 0) is 35.7 Å². The van der Waals surface area contributed by atoms with Gasteiger partial charge in [-0.25, -0.2) is 13.1 Å². The molecule has 0 heterocycles. The Morgan fingerprint density at radius 3 is 2.48 bits per heavy atom. The van der Waals surface area contributed by atoms with E-state index in [4.69, 9.17) is 17.3 Å². The lowest BCUT2D eigenvalue weighted by Crippen LogP contribution is -2.24. The summed E-state index contributed by atoms with van der Waals surface area (Å²) in [5, 5.41) is 0.332. The van der Waals surface area contributed by atoms with E-state index in [-0.39, 0.29) is 17.1 Å². The fraction of sp³-hybridized carbons (Fsp3) is 0.200. The van der Waals surface area contributed by atoms with Crippen LogP contribution in [0.5, 0.6) is 0 Å². The lowest BCUT2D eigenvalue weighted by Gasteiger charge is -2.11. The first-order valence-corrected chi connectivity index (χ1v) is 8.41. The molecule has 0 fully saturated rings. The van der Waals surface area contributed by atoms with Crippen LogP contribution in [0.25, 0.3) is 0 Å². The Labute approximate surface area is 130 Å². The fourth-order valence-electron chi connectivity index (χ4n) is 2.07. The zero-order valence-corrected chi connectivity index (χ0v) is 13.2. The Morgan fingerprint density at radius 1 is 1.14 bits per heavy atom. The Balaban J connectivity index is 2.24. The molecule has 0 spiro atoms. The zero-order chi connectivity index (χ0) is 15.5. The molecule has 6 heteroatoms. The van der Waals surface area contributed by atoms with Crippen molar-refractivity contribution >= 4 is 27.3 Å². The molecule has 4 nitrogen and oxygen atoms in total. The van der Waals surface area contributed by atoms with E-state index in [0.717, 1.165) is 17.5 Å². The molecule has 0 saturated heterocycles. The van der Waals surface area contributed by atoms with E-state index in [1.807, 2.05) is 31.2 Å². The average molecular weight is 325 g/mol. The number of benzene rings is 2. The molecule has 0 amide bonds. The molecule has 0 aliphatic heterocycles. The summed E-state index contributed by atoms with van der Waals surface area (Å²) in [6.45, 7) is 2.25. The number of halogens is 1. The van der Waals surface area contributed by atoms with Crippen molar-refractivity contribution in [3.63, 3.8) is 0 Å². The second-order valence-electron chi connectivity index (χ2n) is 4.63. The second kappa shape index (κ2) is 6.47. The minimum Gasteiger partial charge on any atom is -0.398 e. The van der Waals surface area contributed by atoms with Crippen molar-refractivity contribution in [1.29, 1.82) is 0 Å². The number of hydrogen-bond donors (Lipinski definition) is 2. The van der Waals surface area contributed by atoms with Gasteiger partial charge in [0.25, 0.3) is 0 Å². The van der Waals surface area contributed by atoms with Crippen LogP contribution in [0, 0.1) is 0 Å². The van der Waals surface area contributed by atoms with Crippen molar-refractivity contribution in [2.24, 2.45) is 0 Å². The molecule has 2 rings (SSSR count). The quantitative estimate of drug-likeness (QED) is 0.830. The molecule has 0 saturated carbocycles. The largest absolute Gasteiger partial charge is 0.398 e. The zero-order valence-electron chi connectivity index (χ0n) is 11.6. The van der Waals surface area contributed by atoms with Gasteiger partial charge in [0.05, 0.1) is 5.69 Å². The third kappa shape index (κ3) is 3.75. The second-order valence-corrected chi connectivity index (χ2v) is 6.80. The van der Waals surface area contributed by atoms with E-state index in [0.29, 0.717) is 5.02 Å². The maximum Gasteiger partial charge on any atom is 0.242 e. The summed E-state index contributed by atoms with van der Waals surface area (Å²) in [5.41, 5.74) is 7.96. The first-order valence-electron chi connectivity index (χ1n) is 6.55. The molecule has 2 aromatic rings. The van der Waals surface area contributed by atoms with Crippen LogP contribution in [-0.4, -0.2) is 8.42 Å². The summed E-state index contributed by atoms with van der Waals surface area (Å²) >= 11 is 5.84. The van der Waals surface area contributed by atoms with Gasteiger partial charge in [-0.15, -0.1) is 0 Å². The highest BCUT2D eigenvalue weighted by atomic mass is 35.5. The lowest BCUT2D eigenvalue weighted by molar-refractivity contribution is 0.581. The maximum atomic E-state index is 12.3. The number of nitrogens with two attached hydrogens (primary N) is 1. The van der Waals surface area contributed by atoms with Crippen LogP contribution in [0.1, 0.15) is 18.1 Å². The summed E-state index contributed by atoms with van der Waals surface area (Å²) in [7, 11) is -3.70. The summed E-state index contributed by atoms with van der Waals surface area (Å²) < 4.78 is 27.2. The van der Waals surface area contributed by atoms with Crippen LogP contribution in [0.15, 0.2) is 47.4 Å². The SMILES string of the molecule is CCc1ccccc1CNS(=O)(=O)c1cc(Cl)ccc1N. The molecule has 0 unspecified atom stereocenters. The van der Waals surface area contributed by atoms with Crippen molar-refractivity contribution in [2.45, 2.75) is 24.8 Å². The fourth-order valence-corrected chi connectivity index (χ4v) is 3.46. The third-order valence-corrected chi connectivity index (χ3v) is 4.91. The van der Waals surface area contributed by atoms with Crippen molar-refractivity contribution in [3.8, 4) is 0 Å². The van der Waals surface area contributed by atoms with Crippen LogP contribution >= 0.6 is 11.6 Å². The van der Waals surface area contributed by atoms with Crippen molar-refractivity contribution in [3.05, 3.63) is 58.6 Å². The van der Waals surface area contributed by atoms with Gasteiger partial charge in [0, 0.05) is 11.6 Å². The average Bonchev–Trinajstić information content (AvgIpc) is 2.48. The molecule has 3 N–H and O–H groups in total. The Kier molecular flexibility index (Phi) is 4.88. The number of nitrogens with one attached hydrogen (secondary N) is 1. The molecule has 2 aromatic carbocycles. The standard InChI is InChI=1S/C15H17ClN2O2S/c1-2-11-5-3-4-6-12(11)10-18-21(19,20)15-9-13(16)7-8-14(15)17/h3-9,18H,2,10,17H2,1H3. The van der Waals surface area contributed by atoms with E-state index >= 15 is 0 Å². The van der Waals surface area contributed by atoms with Gasteiger partial charge < -0.3 is 5.73 Å². The predicted molar refractivity (Wildman–Crippen MR) is 85.7 cm³/mol. The van der Waals surface area contributed by atoms with Crippen LogP contribution < -0.4 is 10.5 Å². The van der Waals surface area contributed by atoms with Gasteiger partial charge >= 0.3 is 0 Å². The molecule has 0 bridgehead atoms. The highest BCUT2D eigenvalue weighted by Crippen LogP contribution is 2.22. The first kappa shape index (κ1) is 15.8. The van der Waals surface area contributed by atoms with Crippen LogP contribution in [0.2, 0.25) is 5.02 Å². The van der Waals surface area contributed by atoms with Gasteiger partial charge in [-0.2, -0.15) is 0 Å². The summed E-state index contributed by atoms with van der Waals surface area (Å²) in [4.78, 5) is 0.00368. The molecular weight excluding hydrogens is 308 g/mol. The number of anilines is 1. The number of rotatable bonds is 5. The topological polar surface area (TPSA) is 72.2 Å². The monoisotopic (exact) mass is 324 g/mol. The van der Waals surface area contributed by atoms with Crippen molar-refractivity contribution < 1.29 is 8.42 Å². The van der Waals surface area contributed by atoms with E-state index < -0.39 is 10.0 Å². The molecule has 0 atom stereocenters. The first-order chi connectivity index (χ1) is 9.94. The van der Waals surface area contributed by atoms with Crippen molar-refractivity contribution in [1.82, 2.24) is 4.72 Å². The molecular formula is C15H17ClN2O2S. The van der Waals surface area contributed by atoms with Crippen LogP contribution in [0.3, 0.4) is 0 Å². The highest BCUT2D eigenvalue weighted by molar-refractivity contribution is 7.89. The molecule has 21 heavy (non-hydrogen) atoms. The number of hydrogen-bond acceptors (Lipinski definition) is 3. The predicted octanol–water partition coefficient (Wildman–Crippen LogP) is 2.96. The lowest BCUT2D eigenvalue weighted by atomic mass is 10.1. The summed E-state index contributed by atoms with van der Waals surface area (Å²) in [6.07, 6.45) is 0.844. The Hall–Kier alpha value is -1.56. The van der Waals surface area contributed by atoms with E-state index in [2.05, 4.69) is 4.72 Å². The normalized spacial score (nSPS) is 11.5. The third-order valence-electron chi connectivity index (χ3n) is 3.22. The number of nitrogen functional groups attached to an aromatic ring is 1. The van der Waals surface area contributed by atoms with Gasteiger partial charge in [0.15, 0.2) is 0 Å². The van der Waals surface area contributed by atoms with Crippen molar-refractivity contribution in [2.75, 3.05) is 5.73 Å². The number of aryl methyl sites for hydroxylation is 1. The minimum atomic E-state index is -3.70. The molecule has 0 aromatic heterocycles. The summed E-state index contributed by atoms with van der Waals surface area (Å²) in [5.74, 6) is 0. The minimum absolute atomic E-state index is 0.00368. The van der Waals surface area contributed by atoms with Gasteiger partial charge in [-0.3, -0.25) is 0 Å². The van der Waals surface area contributed by atoms with E-state index in [1.54, 1.807) is 6.07 Å². The maximum absolute atomic E-state index is 12.3. The Morgan fingerprint density at radius 2 is 1.81 bits per heavy atom. The van der Waals surface area contributed by atoms with E-state index in [9.17, 15) is 8.42 Å².